The van der Waals surface area contributed by atoms with Crippen molar-refractivity contribution in [1.82, 2.24) is 4.31 Å². The van der Waals surface area contributed by atoms with Gasteiger partial charge in [0.15, 0.2) is 9.84 Å². The Morgan fingerprint density at radius 2 is 2.05 bits per heavy atom. The van der Waals surface area contributed by atoms with Crippen LogP contribution in [0.5, 0.6) is 5.75 Å². The molecule has 1 aliphatic rings. The van der Waals surface area contributed by atoms with Gasteiger partial charge in [-0.05, 0) is 18.2 Å². The Hall–Kier alpha value is -0.770. The predicted octanol–water partition coefficient (Wildman–Crippen LogP) is 0.890. The fourth-order valence-electron chi connectivity index (χ4n) is 2.10. The van der Waals surface area contributed by atoms with Crippen molar-refractivity contribution in [3.8, 4) is 5.75 Å². The zero-order valence-electron chi connectivity index (χ0n) is 11.5. The summed E-state index contributed by atoms with van der Waals surface area (Å²) in [6, 6.07) is 5.27. The van der Waals surface area contributed by atoms with E-state index in [2.05, 4.69) is 0 Å². The van der Waals surface area contributed by atoms with Gasteiger partial charge in [-0.15, -0.1) is 0 Å². The normalized spacial score (nSPS) is 21.3. The molecule has 1 heterocycles. The van der Waals surface area contributed by atoms with Crippen molar-refractivity contribution in [2.75, 3.05) is 23.8 Å². The van der Waals surface area contributed by atoms with E-state index in [1.165, 1.54) is 36.9 Å². The van der Waals surface area contributed by atoms with E-state index in [1.807, 2.05) is 0 Å². The van der Waals surface area contributed by atoms with Gasteiger partial charge in [-0.2, -0.15) is 16.1 Å². The maximum absolute atomic E-state index is 12.7. The monoisotopic (exact) mass is 351 g/mol. The van der Waals surface area contributed by atoms with Crippen molar-refractivity contribution >= 4 is 31.6 Å². The van der Waals surface area contributed by atoms with Crippen LogP contribution in [0.3, 0.4) is 0 Å². The highest BCUT2D eigenvalue weighted by Crippen LogP contribution is 2.28. The number of phenols is 1. The molecule has 21 heavy (non-hydrogen) atoms. The molecular weight excluding hydrogens is 334 g/mol. The summed E-state index contributed by atoms with van der Waals surface area (Å²) >= 11 is 1.43. The molecule has 1 N–H and O–H groups in total. The van der Waals surface area contributed by atoms with Crippen LogP contribution in [0, 0.1) is 0 Å². The van der Waals surface area contributed by atoms with Crippen LogP contribution in [-0.4, -0.2) is 55.4 Å². The maximum Gasteiger partial charge on any atom is 0.244 e. The van der Waals surface area contributed by atoms with Crippen LogP contribution in [0.2, 0.25) is 0 Å². The molecule has 118 valence electrons. The number of thioether (sulfide) groups is 1. The molecule has 1 aliphatic heterocycles. The second-order valence-electron chi connectivity index (χ2n) is 4.59. The Labute approximate surface area is 129 Å². The Balaban J connectivity index is 2.46. The first-order valence-electron chi connectivity index (χ1n) is 6.39. The largest absolute Gasteiger partial charge is 0.508 e. The van der Waals surface area contributed by atoms with Gasteiger partial charge in [0.05, 0.1) is 4.90 Å². The summed E-state index contributed by atoms with van der Waals surface area (Å²) in [5.41, 5.74) is 0. The number of sulfone groups is 1. The fraction of sp³-hybridized carbons (Fsp3) is 0.500. The summed E-state index contributed by atoms with van der Waals surface area (Å²) in [5.74, 6) is 0.504. The molecule has 0 amide bonds. The lowest BCUT2D eigenvalue weighted by atomic mass is 10.3. The highest BCUT2D eigenvalue weighted by molar-refractivity contribution is 8.01. The first-order valence-corrected chi connectivity index (χ1v) is 10.7. The smallest absolute Gasteiger partial charge is 0.244 e. The summed E-state index contributed by atoms with van der Waals surface area (Å²) in [6.07, 6.45) is 0. The topological polar surface area (TPSA) is 91.8 Å². The lowest BCUT2D eigenvalue weighted by molar-refractivity contribution is 0.403. The zero-order chi connectivity index (χ0) is 15.7. The van der Waals surface area contributed by atoms with Crippen molar-refractivity contribution in [2.45, 2.75) is 17.2 Å². The van der Waals surface area contributed by atoms with Crippen molar-refractivity contribution in [1.29, 1.82) is 0 Å². The molecule has 0 radical (unpaired) electrons. The van der Waals surface area contributed by atoms with Crippen LogP contribution < -0.4 is 0 Å². The molecule has 6 nitrogen and oxygen atoms in total. The zero-order valence-corrected chi connectivity index (χ0v) is 13.9. The van der Waals surface area contributed by atoms with E-state index in [0.717, 1.165) is 10.4 Å². The number of phenolic OH excluding ortho intramolecular Hbond substituents is 1. The van der Waals surface area contributed by atoms with Crippen LogP contribution >= 0.6 is 11.8 Å². The molecule has 1 saturated heterocycles. The number of sulfonamides is 1. The van der Waals surface area contributed by atoms with Gasteiger partial charge in [0.1, 0.15) is 11.1 Å². The molecule has 0 spiro atoms. The summed E-state index contributed by atoms with van der Waals surface area (Å²) in [7, 11) is -7.45. The Bertz CT molecular complexity index is 714. The van der Waals surface area contributed by atoms with E-state index in [4.69, 9.17) is 0 Å². The van der Waals surface area contributed by atoms with Crippen molar-refractivity contribution in [3.05, 3.63) is 24.3 Å². The number of rotatable bonds is 4. The second kappa shape index (κ2) is 6.15. The minimum Gasteiger partial charge on any atom is -0.508 e. The van der Waals surface area contributed by atoms with Gasteiger partial charge in [-0.3, -0.25) is 0 Å². The van der Waals surface area contributed by atoms with Gasteiger partial charge in [0.25, 0.3) is 0 Å². The third-order valence-corrected chi connectivity index (χ3v) is 8.61. The average Bonchev–Trinajstić information content (AvgIpc) is 2.47. The summed E-state index contributed by atoms with van der Waals surface area (Å²) < 4.78 is 50.6. The fourth-order valence-corrected chi connectivity index (χ4v) is 7.39. The van der Waals surface area contributed by atoms with Gasteiger partial charge in [0, 0.05) is 23.8 Å². The molecule has 1 aromatic carbocycles. The Kier molecular flexibility index (Phi) is 4.86. The Morgan fingerprint density at radius 3 is 2.67 bits per heavy atom. The van der Waals surface area contributed by atoms with E-state index >= 15 is 0 Å². The summed E-state index contributed by atoms with van der Waals surface area (Å²) in [5, 5.41) is 8.39. The molecular formula is C12H17NO5S3. The molecule has 1 atom stereocenters. The number of aromatic hydroxyl groups is 1. The average molecular weight is 351 g/mol. The minimum absolute atomic E-state index is 0.0919. The van der Waals surface area contributed by atoms with E-state index in [-0.39, 0.29) is 28.7 Å². The molecule has 0 aliphatic carbocycles. The van der Waals surface area contributed by atoms with E-state index in [1.54, 1.807) is 0 Å². The van der Waals surface area contributed by atoms with Crippen molar-refractivity contribution < 1.29 is 21.9 Å². The number of hydrogen-bond donors (Lipinski definition) is 1. The third-order valence-electron chi connectivity index (χ3n) is 3.28. The molecule has 0 saturated carbocycles. The lowest BCUT2D eigenvalue weighted by Crippen LogP contribution is -2.50. The SMILES string of the molecule is CCS(=O)(=O)C1CSCCN1S(=O)(=O)c1cccc(O)c1. The van der Waals surface area contributed by atoms with E-state index in [9.17, 15) is 21.9 Å². The third kappa shape index (κ3) is 3.36. The van der Waals surface area contributed by atoms with Gasteiger partial charge < -0.3 is 5.11 Å². The Morgan fingerprint density at radius 1 is 1.33 bits per heavy atom. The van der Waals surface area contributed by atoms with Gasteiger partial charge in [-0.25, -0.2) is 16.8 Å². The van der Waals surface area contributed by atoms with Gasteiger partial charge in [0.2, 0.25) is 10.0 Å². The highest BCUT2D eigenvalue weighted by atomic mass is 32.2. The maximum atomic E-state index is 12.7. The van der Waals surface area contributed by atoms with Crippen LogP contribution in [0.15, 0.2) is 29.2 Å². The molecule has 1 fully saturated rings. The molecule has 1 aromatic rings. The molecule has 2 rings (SSSR count). The molecule has 9 heteroatoms. The van der Waals surface area contributed by atoms with Gasteiger partial charge >= 0.3 is 0 Å². The minimum atomic E-state index is -3.95. The van der Waals surface area contributed by atoms with E-state index < -0.39 is 25.2 Å². The van der Waals surface area contributed by atoms with Gasteiger partial charge in [-0.1, -0.05) is 13.0 Å². The van der Waals surface area contributed by atoms with Crippen molar-refractivity contribution in [3.63, 3.8) is 0 Å². The second-order valence-corrected chi connectivity index (χ2v) is 10.1. The quantitative estimate of drug-likeness (QED) is 0.866. The number of benzene rings is 1. The molecule has 0 aromatic heterocycles. The predicted molar refractivity (Wildman–Crippen MR) is 82.6 cm³/mol. The van der Waals surface area contributed by atoms with Crippen LogP contribution in [0.1, 0.15) is 6.92 Å². The summed E-state index contributed by atoms with van der Waals surface area (Å²) in [4.78, 5) is -0.0919. The first kappa shape index (κ1) is 16.6. The number of hydrogen-bond acceptors (Lipinski definition) is 6. The molecule has 1 unspecified atom stereocenters. The van der Waals surface area contributed by atoms with Crippen LogP contribution in [-0.2, 0) is 19.9 Å². The van der Waals surface area contributed by atoms with Crippen molar-refractivity contribution in [2.24, 2.45) is 0 Å². The van der Waals surface area contributed by atoms with Crippen LogP contribution in [0.4, 0.5) is 0 Å². The lowest BCUT2D eigenvalue weighted by Gasteiger charge is -2.33. The standard InChI is InChI=1S/C12H17NO5S3/c1-2-20(15,16)12-9-19-7-6-13(12)21(17,18)11-5-3-4-10(14)8-11/h3-5,8,12,14H,2,6-7,9H2,1H3. The summed E-state index contributed by atoms with van der Waals surface area (Å²) in [6.45, 7) is 1.65. The molecule has 0 bridgehead atoms. The highest BCUT2D eigenvalue weighted by Gasteiger charge is 2.40. The first-order chi connectivity index (χ1) is 9.79. The number of nitrogens with zero attached hydrogens (tertiary/aromatic N) is 1. The van der Waals surface area contributed by atoms with Crippen LogP contribution in [0.25, 0.3) is 0 Å². The van der Waals surface area contributed by atoms with E-state index in [0.29, 0.717) is 5.75 Å².